The zero-order valence-electron chi connectivity index (χ0n) is 14.0. The number of anilines is 1. The van der Waals surface area contributed by atoms with Gasteiger partial charge < -0.3 is 15.4 Å². The number of hydrogen-bond donors (Lipinski definition) is 2. The molecule has 1 aromatic rings. The van der Waals surface area contributed by atoms with E-state index in [1.54, 1.807) is 11.8 Å². The van der Waals surface area contributed by atoms with Gasteiger partial charge in [-0.2, -0.15) is 11.8 Å². The Morgan fingerprint density at radius 1 is 1.42 bits per heavy atom. The highest BCUT2D eigenvalue weighted by Crippen LogP contribution is 2.20. The van der Waals surface area contributed by atoms with Crippen molar-refractivity contribution in [2.75, 3.05) is 31.3 Å². The van der Waals surface area contributed by atoms with Crippen molar-refractivity contribution < 1.29 is 14.3 Å². The number of carbonyl (C=O) groups is 2. The molecule has 1 fully saturated rings. The number of nitrogens with one attached hydrogen (secondary N) is 2. The molecule has 1 amide bonds. The van der Waals surface area contributed by atoms with Crippen LogP contribution in [0.2, 0.25) is 0 Å². The fourth-order valence-electron chi connectivity index (χ4n) is 2.32. The van der Waals surface area contributed by atoms with Crippen LogP contribution in [-0.4, -0.2) is 37.8 Å². The molecule has 0 bridgehead atoms. The smallest absolute Gasteiger partial charge is 0.306 e. The van der Waals surface area contributed by atoms with E-state index >= 15 is 0 Å². The van der Waals surface area contributed by atoms with E-state index in [1.807, 2.05) is 31.2 Å². The van der Waals surface area contributed by atoms with Crippen LogP contribution in [0.15, 0.2) is 24.3 Å². The number of esters is 1. The zero-order chi connectivity index (χ0) is 16.7. The summed E-state index contributed by atoms with van der Waals surface area (Å²) in [5.74, 6) is 1.89. The van der Waals surface area contributed by atoms with E-state index in [9.17, 15) is 9.59 Å². The predicted octanol–water partition coefficient (Wildman–Crippen LogP) is 2.70. The van der Waals surface area contributed by atoms with Gasteiger partial charge in [-0.05, 0) is 36.7 Å². The standard InChI is InChI=1S/C17H24N2O3S.ClH/c1-12(14-9-18-10-14)17(21)19-15-5-3-4-13(8-15)11-23-7-6-16(20)22-2;/h3-5,8,12,14,18H,6-7,9-11H2,1-2H3,(H,19,21);1H. The predicted molar refractivity (Wildman–Crippen MR) is 101 cm³/mol. The molecular weight excluding hydrogens is 348 g/mol. The molecule has 1 heterocycles. The molecule has 0 radical (unpaired) electrons. The second kappa shape index (κ2) is 10.6. The van der Waals surface area contributed by atoms with E-state index in [2.05, 4.69) is 15.4 Å². The highest BCUT2D eigenvalue weighted by molar-refractivity contribution is 7.98. The Labute approximate surface area is 153 Å². The molecule has 1 aliphatic rings. The topological polar surface area (TPSA) is 67.4 Å². The summed E-state index contributed by atoms with van der Waals surface area (Å²) in [5, 5.41) is 6.19. The molecule has 7 heteroatoms. The molecule has 1 saturated heterocycles. The molecule has 134 valence electrons. The van der Waals surface area contributed by atoms with E-state index in [0.29, 0.717) is 12.3 Å². The number of methoxy groups -OCH3 is 1. The number of hydrogen-bond acceptors (Lipinski definition) is 5. The monoisotopic (exact) mass is 372 g/mol. The van der Waals surface area contributed by atoms with E-state index < -0.39 is 0 Å². The summed E-state index contributed by atoms with van der Waals surface area (Å²) in [6.07, 6.45) is 0.421. The first-order valence-corrected chi connectivity index (χ1v) is 9.00. The summed E-state index contributed by atoms with van der Waals surface area (Å²) >= 11 is 1.68. The van der Waals surface area contributed by atoms with Gasteiger partial charge in [-0.3, -0.25) is 9.59 Å². The van der Waals surface area contributed by atoms with Crippen molar-refractivity contribution in [2.45, 2.75) is 19.1 Å². The average molecular weight is 373 g/mol. The quantitative estimate of drug-likeness (QED) is 0.542. The SMILES string of the molecule is COC(=O)CCSCc1cccc(NC(=O)C(C)C2CNC2)c1.Cl. The lowest BCUT2D eigenvalue weighted by Gasteiger charge is -2.31. The molecule has 2 rings (SSSR count). The summed E-state index contributed by atoms with van der Waals surface area (Å²) in [7, 11) is 1.40. The van der Waals surface area contributed by atoms with Crippen LogP contribution in [0, 0.1) is 11.8 Å². The molecule has 1 atom stereocenters. The Balaban J connectivity index is 0.00000288. The fourth-order valence-corrected chi connectivity index (χ4v) is 3.19. The Hall–Kier alpha value is -1.24. The first-order chi connectivity index (χ1) is 11.1. The average Bonchev–Trinajstić information content (AvgIpc) is 2.50. The van der Waals surface area contributed by atoms with Crippen molar-refractivity contribution in [3.8, 4) is 0 Å². The number of benzene rings is 1. The van der Waals surface area contributed by atoms with Crippen molar-refractivity contribution in [1.82, 2.24) is 5.32 Å². The number of carbonyl (C=O) groups excluding carboxylic acids is 2. The largest absolute Gasteiger partial charge is 0.469 e. The van der Waals surface area contributed by atoms with Gasteiger partial charge in [0.05, 0.1) is 13.5 Å². The van der Waals surface area contributed by atoms with Gasteiger partial charge in [0, 0.05) is 23.1 Å². The molecule has 2 N–H and O–H groups in total. The molecular formula is C17H25ClN2O3S. The van der Waals surface area contributed by atoms with Gasteiger partial charge in [0.25, 0.3) is 0 Å². The fraction of sp³-hybridized carbons (Fsp3) is 0.529. The molecule has 0 aromatic heterocycles. The van der Waals surface area contributed by atoms with Gasteiger partial charge in [-0.15, -0.1) is 12.4 Å². The van der Waals surface area contributed by atoms with Gasteiger partial charge in [0.2, 0.25) is 5.91 Å². The highest BCUT2D eigenvalue weighted by Gasteiger charge is 2.28. The van der Waals surface area contributed by atoms with Gasteiger partial charge in [0.1, 0.15) is 0 Å². The van der Waals surface area contributed by atoms with Crippen LogP contribution in [0.4, 0.5) is 5.69 Å². The molecule has 0 saturated carbocycles. The van der Waals surface area contributed by atoms with E-state index in [0.717, 1.165) is 35.8 Å². The van der Waals surface area contributed by atoms with Gasteiger partial charge in [0.15, 0.2) is 0 Å². The van der Waals surface area contributed by atoms with Gasteiger partial charge in [-0.1, -0.05) is 19.1 Å². The third-order valence-corrected chi connectivity index (χ3v) is 5.11. The van der Waals surface area contributed by atoms with E-state index in [1.165, 1.54) is 7.11 Å². The van der Waals surface area contributed by atoms with Crippen molar-refractivity contribution in [3.63, 3.8) is 0 Å². The van der Waals surface area contributed by atoms with Crippen molar-refractivity contribution in [2.24, 2.45) is 11.8 Å². The summed E-state index contributed by atoms with van der Waals surface area (Å²) < 4.78 is 4.62. The molecule has 0 aliphatic carbocycles. The normalized spacial score (nSPS) is 14.9. The van der Waals surface area contributed by atoms with Crippen molar-refractivity contribution in [1.29, 1.82) is 0 Å². The molecule has 24 heavy (non-hydrogen) atoms. The minimum atomic E-state index is -0.182. The second-order valence-electron chi connectivity index (χ2n) is 5.78. The zero-order valence-corrected chi connectivity index (χ0v) is 15.7. The van der Waals surface area contributed by atoms with Crippen molar-refractivity contribution in [3.05, 3.63) is 29.8 Å². The maximum absolute atomic E-state index is 12.2. The number of thioether (sulfide) groups is 1. The molecule has 1 aliphatic heterocycles. The Bertz CT molecular complexity index is 552. The molecule has 0 spiro atoms. The maximum atomic E-state index is 12.2. The first kappa shape index (κ1) is 20.8. The summed E-state index contributed by atoms with van der Waals surface area (Å²) in [6, 6.07) is 7.88. The van der Waals surface area contributed by atoms with E-state index in [4.69, 9.17) is 0 Å². The molecule has 5 nitrogen and oxygen atoms in total. The third-order valence-electron chi connectivity index (χ3n) is 4.08. The Kier molecular flexibility index (Phi) is 9.18. The Morgan fingerprint density at radius 2 is 2.17 bits per heavy atom. The van der Waals surface area contributed by atoms with Crippen LogP contribution >= 0.6 is 24.2 Å². The summed E-state index contributed by atoms with van der Waals surface area (Å²) in [5.41, 5.74) is 1.97. The van der Waals surface area contributed by atoms with Crippen molar-refractivity contribution >= 4 is 41.7 Å². The highest BCUT2D eigenvalue weighted by atomic mass is 35.5. The van der Waals surface area contributed by atoms with Crippen LogP contribution in [0.3, 0.4) is 0 Å². The minimum absolute atomic E-state index is 0. The lowest BCUT2D eigenvalue weighted by molar-refractivity contribution is -0.140. The van der Waals surface area contributed by atoms with Gasteiger partial charge >= 0.3 is 5.97 Å². The van der Waals surface area contributed by atoms with Crippen LogP contribution in [0.5, 0.6) is 0 Å². The molecule has 1 aromatic carbocycles. The lowest BCUT2D eigenvalue weighted by Crippen LogP contribution is -2.48. The second-order valence-corrected chi connectivity index (χ2v) is 6.88. The number of halogens is 1. The lowest BCUT2D eigenvalue weighted by atomic mass is 9.88. The number of ether oxygens (including phenoxy) is 1. The summed E-state index contributed by atoms with van der Waals surface area (Å²) in [4.78, 5) is 23.3. The van der Waals surface area contributed by atoms with Crippen LogP contribution in [0.1, 0.15) is 18.9 Å². The van der Waals surface area contributed by atoms with Gasteiger partial charge in [-0.25, -0.2) is 0 Å². The maximum Gasteiger partial charge on any atom is 0.306 e. The first-order valence-electron chi connectivity index (χ1n) is 7.85. The summed E-state index contributed by atoms with van der Waals surface area (Å²) in [6.45, 7) is 3.82. The van der Waals surface area contributed by atoms with Crippen LogP contribution in [0.25, 0.3) is 0 Å². The number of rotatable bonds is 8. The molecule has 1 unspecified atom stereocenters. The minimum Gasteiger partial charge on any atom is -0.469 e. The van der Waals surface area contributed by atoms with Crippen LogP contribution < -0.4 is 10.6 Å². The Morgan fingerprint density at radius 3 is 2.79 bits per heavy atom. The third kappa shape index (κ3) is 6.34. The number of amides is 1. The van der Waals surface area contributed by atoms with Crippen LogP contribution in [-0.2, 0) is 20.1 Å². The van der Waals surface area contributed by atoms with E-state index in [-0.39, 0.29) is 30.2 Å².